The SMILES string of the molecule is CCCCCCOc1ccc(C2c3c(oc4ccc(Cl)cc4c3=O)C(=O)N2c2ncccn2)cc1OC. The largest absolute Gasteiger partial charge is 0.493 e. The standard InChI is InChI=1S/C28H26ClN3O5/c1-3-4-5-6-14-36-21-10-8-17(15-22(21)35-2)24-23-25(33)19-16-18(29)9-11-20(19)37-26(23)27(34)32(24)28-30-12-7-13-31-28/h7-13,15-16,24H,3-6,14H2,1-2H3. The van der Waals surface area contributed by atoms with Gasteiger partial charge in [0.2, 0.25) is 11.7 Å². The molecule has 3 heterocycles. The molecule has 0 N–H and O–H groups in total. The lowest BCUT2D eigenvalue weighted by atomic mass is 9.98. The van der Waals surface area contributed by atoms with Gasteiger partial charge in [0.1, 0.15) is 5.58 Å². The molecule has 1 aliphatic heterocycles. The van der Waals surface area contributed by atoms with Crippen molar-refractivity contribution in [2.24, 2.45) is 0 Å². The molecule has 8 nitrogen and oxygen atoms in total. The number of rotatable bonds is 9. The van der Waals surface area contributed by atoms with Crippen LogP contribution in [-0.2, 0) is 0 Å². The lowest BCUT2D eigenvalue weighted by Crippen LogP contribution is -2.31. The molecule has 1 atom stereocenters. The first-order valence-electron chi connectivity index (χ1n) is 12.2. The maximum Gasteiger partial charge on any atom is 0.297 e. The van der Waals surface area contributed by atoms with Gasteiger partial charge >= 0.3 is 0 Å². The predicted octanol–water partition coefficient (Wildman–Crippen LogP) is 5.95. The number of aromatic nitrogens is 2. The fourth-order valence-electron chi connectivity index (χ4n) is 4.57. The molecule has 0 saturated carbocycles. The number of methoxy groups -OCH3 is 1. The van der Waals surface area contributed by atoms with Gasteiger partial charge in [0.25, 0.3) is 5.91 Å². The smallest absolute Gasteiger partial charge is 0.297 e. The number of carbonyl (C=O) groups excluding carboxylic acids is 1. The number of anilines is 1. The van der Waals surface area contributed by atoms with E-state index in [1.54, 1.807) is 43.5 Å². The van der Waals surface area contributed by atoms with E-state index in [2.05, 4.69) is 16.9 Å². The van der Waals surface area contributed by atoms with Gasteiger partial charge in [0, 0.05) is 17.4 Å². The Morgan fingerprint density at radius 1 is 1.03 bits per heavy atom. The molecule has 4 aromatic rings. The number of unbranched alkanes of at least 4 members (excludes halogenated alkanes) is 3. The maximum absolute atomic E-state index is 13.7. The van der Waals surface area contributed by atoms with Crippen molar-refractivity contribution in [1.29, 1.82) is 0 Å². The molecular weight excluding hydrogens is 494 g/mol. The van der Waals surface area contributed by atoms with Crippen molar-refractivity contribution < 1.29 is 18.7 Å². The van der Waals surface area contributed by atoms with Crippen LogP contribution in [0.15, 0.2) is 64.1 Å². The topological polar surface area (TPSA) is 94.8 Å². The molecule has 1 unspecified atom stereocenters. The lowest BCUT2D eigenvalue weighted by Gasteiger charge is -2.24. The fourth-order valence-corrected chi connectivity index (χ4v) is 4.74. The molecule has 0 radical (unpaired) electrons. The van der Waals surface area contributed by atoms with Gasteiger partial charge in [-0.3, -0.25) is 14.5 Å². The molecule has 2 aromatic carbocycles. The summed E-state index contributed by atoms with van der Waals surface area (Å²) in [6, 6.07) is 10.9. The normalized spacial score (nSPS) is 14.7. The summed E-state index contributed by atoms with van der Waals surface area (Å²) in [5, 5.41) is 0.685. The van der Waals surface area contributed by atoms with Crippen LogP contribution in [0, 0.1) is 0 Å². The molecule has 0 spiro atoms. The van der Waals surface area contributed by atoms with Crippen LogP contribution in [-0.4, -0.2) is 29.6 Å². The van der Waals surface area contributed by atoms with Crippen LogP contribution >= 0.6 is 11.6 Å². The molecule has 0 saturated heterocycles. The van der Waals surface area contributed by atoms with Crippen LogP contribution in [0.25, 0.3) is 11.0 Å². The minimum absolute atomic E-state index is 0.0486. The van der Waals surface area contributed by atoms with Gasteiger partial charge in [-0.25, -0.2) is 9.97 Å². The average molecular weight is 520 g/mol. The number of benzene rings is 2. The Labute approximate surface area is 218 Å². The number of nitrogens with zero attached hydrogens (tertiary/aromatic N) is 3. The Bertz CT molecular complexity index is 1510. The Morgan fingerprint density at radius 2 is 1.84 bits per heavy atom. The van der Waals surface area contributed by atoms with Gasteiger partial charge in [-0.15, -0.1) is 0 Å². The van der Waals surface area contributed by atoms with E-state index < -0.39 is 11.9 Å². The molecule has 190 valence electrons. The molecule has 1 aliphatic rings. The van der Waals surface area contributed by atoms with Crippen LogP contribution in [0.3, 0.4) is 0 Å². The number of halogens is 1. The monoisotopic (exact) mass is 519 g/mol. The van der Waals surface area contributed by atoms with E-state index in [1.807, 2.05) is 6.07 Å². The third-order valence-corrected chi connectivity index (χ3v) is 6.59. The van der Waals surface area contributed by atoms with Crippen molar-refractivity contribution in [3.05, 3.63) is 87.0 Å². The second kappa shape index (κ2) is 10.6. The quantitative estimate of drug-likeness (QED) is 0.252. The highest BCUT2D eigenvalue weighted by molar-refractivity contribution is 6.31. The molecule has 9 heteroatoms. The van der Waals surface area contributed by atoms with Gasteiger partial charge in [-0.05, 0) is 48.4 Å². The molecule has 37 heavy (non-hydrogen) atoms. The van der Waals surface area contributed by atoms with E-state index in [1.165, 1.54) is 17.3 Å². The van der Waals surface area contributed by atoms with E-state index in [-0.39, 0.29) is 28.3 Å². The van der Waals surface area contributed by atoms with Crippen molar-refractivity contribution in [2.75, 3.05) is 18.6 Å². The van der Waals surface area contributed by atoms with Crippen LogP contribution in [0.1, 0.15) is 60.3 Å². The Morgan fingerprint density at radius 3 is 2.59 bits per heavy atom. The minimum atomic E-state index is -0.836. The number of hydrogen-bond acceptors (Lipinski definition) is 7. The first kappa shape index (κ1) is 24.8. The first-order valence-corrected chi connectivity index (χ1v) is 12.6. The number of carbonyl (C=O) groups is 1. The van der Waals surface area contributed by atoms with E-state index in [9.17, 15) is 9.59 Å². The molecular formula is C28H26ClN3O5. The third kappa shape index (κ3) is 4.64. The molecule has 1 amide bonds. The van der Waals surface area contributed by atoms with Crippen molar-refractivity contribution in [2.45, 2.75) is 38.6 Å². The van der Waals surface area contributed by atoms with Crippen molar-refractivity contribution >= 4 is 34.4 Å². The highest BCUT2D eigenvalue weighted by atomic mass is 35.5. The lowest BCUT2D eigenvalue weighted by molar-refractivity contribution is 0.0969. The van der Waals surface area contributed by atoms with Crippen molar-refractivity contribution in [1.82, 2.24) is 9.97 Å². The number of ether oxygens (including phenoxy) is 2. The fraction of sp³-hybridized carbons (Fsp3) is 0.286. The Kier molecular flexibility index (Phi) is 7.10. The van der Waals surface area contributed by atoms with Gasteiger partial charge in [-0.1, -0.05) is 43.9 Å². The second-order valence-corrected chi connectivity index (χ2v) is 9.20. The molecule has 0 aliphatic carbocycles. The van der Waals surface area contributed by atoms with E-state index >= 15 is 0 Å². The molecule has 2 aromatic heterocycles. The van der Waals surface area contributed by atoms with E-state index in [0.29, 0.717) is 34.1 Å². The highest BCUT2D eigenvalue weighted by Gasteiger charge is 2.45. The summed E-state index contributed by atoms with van der Waals surface area (Å²) in [5.41, 5.74) is 0.761. The van der Waals surface area contributed by atoms with Gasteiger partial charge in [-0.2, -0.15) is 0 Å². The zero-order valence-electron chi connectivity index (χ0n) is 20.6. The highest BCUT2D eigenvalue weighted by Crippen LogP contribution is 2.42. The summed E-state index contributed by atoms with van der Waals surface area (Å²) >= 11 is 6.17. The summed E-state index contributed by atoms with van der Waals surface area (Å²) < 4.78 is 17.5. The number of amides is 1. The third-order valence-electron chi connectivity index (χ3n) is 6.36. The van der Waals surface area contributed by atoms with Gasteiger partial charge in [0.05, 0.1) is 30.7 Å². The molecule has 0 bridgehead atoms. The number of fused-ring (bicyclic) bond motifs is 2. The van der Waals surface area contributed by atoms with Crippen LogP contribution in [0.5, 0.6) is 11.5 Å². The van der Waals surface area contributed by atoms with Gasteiger partial charge in [0.15, 0.2) is 16.9 Å². The van der Waals surface area contributed by atoms with Gasteiger partial charge < -0.3 is 13.9 Å². The Balaban J connectivity index is 1.62. The first-order chi connectivity index (χ1) is 18.0. The summed E-state index contributed by atoms with van der Waals surface area (Å²) in [5.74, 6) is 0.687. The van der Waals surface area contributed by atoms with Crippen molar-refractivity contribution in [3.8, 4) is 11.5 Å². The summed E-state index contributed by atoms with van der Waals surface area (Å²) in [6.07, 6.45) is 7.43. The summed E-state index contributed by atoms with van der Waals surface area (Å²) in [4.78, 5) is 37.3. The zero-order chi connectivity index (χ0) is 25.9. The average Bonchev–Trinajstić information content (AvgIpc) is 3.22. The van der Waals surface area contributed by atoms with Crippen LogP contribution in [0.4, 0.5) is 5.95 Å². The van der Waals surface area contributed by atoms with Crippen molar-refractivity contribution in [3.63, 3.8) is 0 Å². The summed E-state index contributed by atoms with van der Waals surface area (Å²) in [7, 11) is 1.55. The number of hydrogen-bond donors (Lipinski definition) is 0. The second-order valence-electron chi connectivity index (χ2n) is 8.76. The zero-order valence-corrected chi connectivity index (χ0v) is 21.3. The maximum atomic E-state index is 13.7. The minimum Gasteiger partial charge on any atom is -0.493 e. The molecule has 0 fully saturated rings. The van der Waals surface area contributed by atoms with E-state index in [0.717, 1.165) is 25.7 Å². The molecule has 5 rings (SSSR count). The van der Waals surface area contributed by atoms with E-state index in [4.69, 9.17) is 25.5 Å². The van der Waals surface area contributed by atoms with Crippen LogP contribution in [0.2, 0.25) is 5.02 Å². The van der Waals surface area contributed by atoms with Crippen LogP contribution < -0.4 is 19.8 Å². The predicted molar refractivity (Wildman–Crippen MR) is 141 cm³/mol. The Hall–Kier alpha value is -3.91. The summed E-state index contributed by atoms with van der Waals surface area (Å²) in [6.45, 7) is 2.73.